The summed E-state index contributed by atoms with van der Waals surface area (Å²) in [5, 5.41) is 4.91. The van der Waals surface area contributed by atoms with Crippen LogP contribution in [0.4, 0.5) is 42.1 Å². The molecule has 8 nitrogen and oxygen atoms in total. The topological polar surface area (TPSA) is 114 Å². The lowest BCUT2D eigenvalue weighted by molar-refractivity contribution is -0.140. The van der Waals surface area contributed by atoms with E-state index in [1.165, 1.54) is 7.11 Å². The molecule has 0 saturated carbocycles. The Hall–Kier alpha value is -4.70. The summed E-state index contributed by atoms with van der Waals surface area (Å²) in [7, 11) is 1.34. The van der Waals surface area contributed by atoms with Gasteiger partial charge in [-0.3, -0.25) is 19.3 Å². The van der Waals surface area contributed by atoms with Crippen molar-refractivity contribution in [2.24, 2.45) is 5.73 Å². The molecule has 4 aromatic rings. The Balaban J connectivity index is 1.50. The molecule has 260 valence electrons. The Morgan fingerprint density at radius 3 is 2.35 bits per heavy atom. The van der Waals surface area contributed by atoms with Crippen LogP contribution < -0.4 is 21.1 Å². The van der Waals surface area contributed by atoms with Crippen molar-refractivity contribution in [2.45, 2.75) is 37.5 Å². The van der Waals surface area contributed by atoms with Crippen LogP contribution in [0.15, 0.2) is 54.6 Å². The third-order valence-electron chi connectivity index (χ3n) is 8.13. The summed E-state index contributed by atoms with van der Waals surface area (Å²) < 4.78 is 99.8. The monoisotopic (exact) mass is 710 g/mol. The maximum atomic E-state index is 13.9. The van der Waals surface area contributed by atoms with Crippen LogP contribution in [0.1, 0.15) is 61.9 Å². The molecule has 3 aromatic carbocycles. The van der Waals surface area contributed by atoms with Crippen molar-refractivity contribution in [1.82, 2.24) is 4.90 Å². The van der Waals surface area contributed by atoms with Crippen LogP contribution in [0.2, 0.25) is 0 Å². The van der Waals surface area contributed by atoms with Gasteiger partial charge in [0.2, 0.25) is 5.91 Å². The number of benzene rings is 3. The number of methoxy groups -OCH3 is 1. The van der Waals surface area contributed by atoms with Crippen molar-refractivity contribution in [3.63, 3.8) is 0 Å². The molecule has 1 aliphatic rings. The van der Waals surface area contributed by atoms with Crippen molar-refractivity contribution in [1.29, 1.82) is 0 Å². The quantitative estimate of drug-likeness (QED) is 0.163. The smallest absolute Gasteiger partial charge is 0.419 e. The van der Waals surface area contributed by atoms with Crippen LogP contribution >= 0.6 is 11.3 Å². The van der Waals surface area contributed by atoms with Gasteiger partial charge in [-0.15, -0.1) is 11.3 Å². The van der Waals surface area contributed by atoms with E-state index in [1.807, 2.05) is 4.90 Å². The van der Waals surface area contributed by atoms with Gasteiger partial charge in [-0.05, 0) is 86.3 Å². The van der Waals surface area contributed by atoms with Gasteiger partial charge in [-0.25, -0.2) is 4.39 Å². The molecule has 4 N–H and O–H groups in total. The molecule has 1 fully saturated rings. The van der Waals surface area contributed by atoms with Gasteiger partial charge in [0.05, 0.1) is 36.0 Å². The molecular weight excluding hydrogens is 681 g/mol. The Kier molecular flexibility index (Phi) is 10.2. The number of carbonyl (C=O) groups is 3. The first kappa shape index (κ1) is 35.6. The van der Waals surface area contributed by atoms with Crippen LogP contribution in [-0.4, -0.2) is 49.4 Å². The Bertz CT molecular complexity index is 1910. The minimum atomic E-state index is -5.07. The summed E-state index contributed by atoms with van der Waals surface area (Å²) in [5.41, 5.74) is 2.94. The fourth-order valence-corrected chi connectivity index (χ4v) is 6.86. The molecule has 3 amide bonds. The van der Waals surface area contributed by atoms with Gasteiger partial charge < -0.3 is 21.1 Å². The van der Waals surface area contributed by atoms with Gasteiger partial charge in [-0.1, -0.05) is 12.1 Å². The second-order valence-electron chi connectivity index (χ2n) is 11.4. The van der Waals surface area contributed by atoms with Crippen LogP contribution in [0.5, 0.6) is 5.75 Å². The van der Waals surface area contributed by atoms with Gasteiger partial charge >= 0.3 is 12.4 Å². The van der Waals surface area contributed by atoms with E-state index in [2.05, 4.69) is 10.6 Å². The van der Waals surface area contributed by atoms with E-state index >= 15 is 0 Å². The van der Waals surface area contributed by atoms with Gasteiger partial charge in [0.15, 0.2) is 0 Å². The fraction of sp³-hybridized carbons (Fsp3) is 0.303. The summed E-state index contributed by atoms with van der Waals surface area (Å²) in [5.74, 6) is -3.64. The lowest BCUT2D eigenvalue weighted by Gasteiger charge is -2.19. The first-order valence-electron chi connectivity index (χ1n) is 14.9. The van der Waals surface area contributed by atoms with Crippen LogP contribution in [0.3, 0.4) is 0 Å². The molecule has 1 unspecified atom stereocenters. The number of alkyl halides is 6. The Labute approximate surface area is 279 Å². The van der Waals surface area contributed by atoms with Gasteiger partial charge in [-0.2, -0.15) is 26.3 Å². The van der Waals surface area contributed by atoms with E-state index in [-0.39, 0.29) is 44.4 Å². The predicted octanol–water partition coefficient (Wildman–Crippen LogP) is 7.65. The molecule has 0 spiro atoms. The number of ether oxygens (including phenoxy) is 1. The molecular formula is C33H29F7N4O4S. The highest BCUT2D eigenvalue weighted by Crippen LogP contribution is 2.41. The average molecular weight is 711 g/mol. The zero-order valence-electron chi connectivity index (χ0n) is 25.7. The van der Waals surface area contributed by atoms with Gasteiger partial charge in [0.1, 0.15) is 16.4 Å². The molecule has 0 bridgehead atoms. The van der Waals surface area contributed by atoms with Gasteiger partial charge in [0.25, 0.3) is 11.8 Å². The van der Waals surface area contributed by atoms with E-state index in [4.69, 9.17) is 10.5 Å². The number of rotatable bonds is 8. The third-order valence-corrected chi connectivity index (χ3v) is 9.28. The molecule has 2 heterocycles. The second-order valence-corrected chi connectivity index (χ2v) is 12.5. The predicted molar refractivity (Wildman–Crippen MR) is 169 cm³/mol. The lowest BCUT2D eigenvalue weighted by atomic mass is 9.90. The van der Waals surface area contributed by atoms with E-state index in [9.17, 15) is 45.1 Å². The molecule has 0 aliphatic carbocycles. The molecule has 0 radical (unpaired) electrons. The number of primary amides is 1. The molecule has 1 aliphatic heterocycles. The van der Waals surface area contributed by atoms with Crippen LogP contribution in [0.25, 0.3) is 10.1 Å². The maximum absolute atomic E-state index is 13.9. The number of hydrogen-bond donors (Lipinski definition) is 3. The number of likely N-dealkylation sites (tertiary alicyclic amines) is 1. The third kappa shape index (κ3) is 8.13. The molecule has 5 rings (SSSR count). The minimum Gasteiger partial charge on any atom is -0.496 e. The van der Waals surface area contributed by atoms with Crippen molar-refractivity contribution >= 4 is 50.5 Å². The second kappa shape index (κ2) is 14.0. The number of nitrogens with one attached hydrogen (secondary N) is 2. The molecule has 1 saturated heterocycles. The first-order chi connectivity index (χ1) is 23.0. The largest absolute Gasteiger partial charge is 0.496 e. The summed E-state index contributed by atoms with van der Waals surface area (Å²) in [6.07, 6.45) is -7.61. The Morgan fingerprint density at radius 2 is 1.67 bits per heavy atom. The molecule has 1 aromatic heterocycles. The van der Waals surface area contributed by atoms with Gasteiger partial charge in [0, 0.05) is 15.8 Å². The molecule has 1 atom stereocenters. The number of anilines is 2. The van der Waals surface area contributed by atoms with E-state index in [0.29, 0.717) is 43.0 Å². The number of thiophene rings is 1. The highest BCUT2D eigenvalue weighted by atomic mass is 32.1. The SMILES string of the molecule is COc1ccc(C2CCCN(CC(N)=O)CC2)cc1C(=O)Nc1c(C(=O)Nc2ccc(F)c(C(F)(F)F)c2)sc2cc(C(F)(F)F)ccc12. The zero-order chi connectivity index (χ0) is 35.7. The van der Waals surface area contributed by atoms with Crippen molar-refractivity contribution in [3.05, 3.63) is 87.5 Å². The van der Waals surface area contributed by atoms with Crippen LogP contribution in [-0.2, 0) is 17.1 Å². The number of halogens is 7. The van der Waals surface area contributed by atoms with Crippen molar-refractivity contribution < 1.29 is 49.9 Å². The summed E-state index contributed by atoms with van der Waals surface area (Å²) in [6.45, 7) is 1.39. The van der Waals surface area contributed by atoms with E-state index < -0.39 is 52.7 Å². The number of carbonyl (C=O) groups excluding carboxylic acids is 3. The number of amides is 3. The highest BCUT2D eigenvalue weighted by Gasteiger charge is 2.35. The zero-order valence-corrected chi connectivity index (χ0v) is 26.5. The van der Waals surface area contributed by atoms with E-state index in [0.717, 1.165) is 42.7 Å². The first-order valence-corrected chi connectivity index (χ1v) is 15.7. The highest BCUT2D eigenvalue weighted by molar-refractivity contribution is 7.21. The standard InChI is InChI=1S/C33H29F7N4O4S/c1-48-25-9-4-18(17-3-2-11-44(12-10-17)16-27(41)45)13-22(25)30(46)43-28-21-7-5-19(32(35,36)37)14-26(21)49-29(28)31(47)42-20-6-8-24(34)23(15-20)33(38,39)40/h4-9,13-15,17H,2-3,10-12,16H2,1H3,(H2,41,45)(H,42,47)(H,43,46). The average Bonchev–Trinajstić information content (AvgIpc) is 3.22. The molecule has 49 heavy (non-hydrogen) atoms. The number of fused-ring (bicyclic) bond motifs is 1. The minimum absolute atomic E-state index is 0.0109. The van der Waals surface area contributed by atoms with Crippen LogP contribution in [0, 0.1) is 5.82 Å². The van der Waals surface area contributed by atoms with Crippen molar-refractivity contribution in [3.8, 4) is 5.75 Å². The Morgan fingerprint density at radius 1 is 0.918 bits per heavy atom. The maximum Gasteiger partial charge on any atom is 0.419 e. The number of nitrogens with zero attached hydrogens (tertiary/aromatic N) is 1. The number of nitrogens with two attached hydrogens (primary N) is 1. The molecule has 16 heteroatoms. The lowest BCUT2D eigenvalue weighted by Crippen LogP contribution is -2.34. The summed E-state index contributed by atoms with van der Waals surface area (Å²) in [6, 6.07) is 9.47. The normalized spacial score (nSPS) is 15.9. The fourth-order valence-electron chi connectivity index (χ4n) is 5.77. The summed E-state index contributed by atoms with van der Waals surface area (Å²) >= 11 is 0.582. The summed E-state index contributed by atoms with van der Waals surface area (Å²) in [4.78, 5) is 40.3. The van der Waals surface area contributed by atoms with E-state index in [1.54, 1.807) is 18.2 Å². The van der Waals surface area contributed by atoms with Crippen molar-refractivity contribution in [2.75, 3.05) is 37.4 Å². The number of hydrogen-bond acceptors (Lipinski definition) is 6.